The monoisotopic (exact) mass is 361 g/mol. The van der Waals surface area contributed by atoms with Crippen molar-refractivity contribution in [3.63, 3.8) is 0 Å². The first-order chi connectivity index (χ1) is 13.2. The molecule has 0 spiro atoms. The molecule has 27 heavy (non-hydrogen) atoms. The molecule has 2 heterocycles. The Morgan fingerprint density at radius 3 is 2.81 bits per heavy atom. The standard InChI is InChI=1S/C20H16FN5O/c21-16-6-4-15(5-7-16)19-18(11-23-25-19)20(27)24-17-3-1-2-14(10-17)12-26-9-8-22-13-26/h1-11,13H,12H2,(H,23,25)(H,24,27). The minimum atomic E-state index is -0.334. The molecule has 2 aromatic carbocycles. The Labute approximate surface area is 154 Å². The maximum Gasteiger partial charge on any atom is 0.259 e. The summed E-state index contributed by atoms with van der Waals surface area (Å²) in [7, 11) is 0. The second-order valence-corrected chi connectivity index (χ2v) is 6.06. The normalized spacial score (nSPS) is 10.7. The van der Waals surface area contributed by atoms with Gasteiger partial charge >= 0.3 is 0 Å². The Hall–Kier alpha value is -3.74. The molecule has 0 radical (unpaired) electrons. The molecule has 4 rings (SSSR count). The number of hydrogen-bond acceptors (Lipinski definition) is 3. The number of halogens is 1. The zero-order chi connectivity index (χ0) is 18.6. The zero-order valence-corrected chi connectivity index (χ0v) is 14.3. The van der Waals surface area contributed by atoms with Gasteiger partial charge in [-0.2, -0.15) is 5.10 Å². The zero-order valence-electron chi connectivity index (χ0n) is 14.3. The van der Waals surface area contributed by atoms with Crippen LogP contribution in [0.5, 0.6) is 0 Å². The molecule has 0 aliphatic rings. The van der Waals surface area contributed by atoms with E-state index in [1.807, 2.05) is 35.0 Å². The maximum absolute atomic E-state index is 13.1. The molecule has 2 aromatic heterocycles. The topological polar surface area (TPSA) is 75.6 Å². The smallest absolute Gasteiger partial charge is 0.259 e. The molecule has 0 aliphatic carbocycles. The minimum Gasteiger partial charge on any atom is -0.333 e. The van der Waals surface area contributed by atoms with E-state index in [0.29, 0.717) is 29.1 Å². The number of H-pyrrole nitrogens is 1. The number of carbonyl (C=O) groups excluding carboxylic acids is 1. The molecule has 0 aliphatic heterocycles. The number of aromatic amines is 1. The molecule has 0 saturated carbocycles. The highest BCUT2D eigenvalue weighted by molar-refractivity contribution is 6.08. The summed E-state index contributed by atoms with van der Waals surface area (Å²) in [5.74, 6) is -0.623. The van der Waals surface area contributed by atoms with Gasteiger partial charge < -0.3 is 9.88 Å². The molecule has 1 amide bonds. The summed E-state index contributed by atoms with van der Waals surface area (Å²) in [6, 6.07) is 13.5. The van der Waals surface area contributed by atoms with Crippen molar-refractivity contribution >= 4 is 11.6 Å². The summed E-state index contributed by atoms with van der Waals surface area (Å²) in [6.07, 6.45) is 6.81. The molecule has 0 atom stereocenters. The van der Waals surface area contributed by atoms with Gasteiger partial charge in [-0.15, -0.1) is 0 Å². The quantitative estimate of drug-likeness (QED) is 0.569. The summed E-state index contributed by atoms with van der Waals surface area (Å²) >= 11 is 0. The Morgan fingerprint density at radius 2 is 2.04 bits per heavy atom. The van der Waals surface area contributed by atoms with Crippen LogP contribution in [0.2, 0.25) is 0 Å². The predicted octanol–water partition coefficient (Wildman–Crippen LogP) is 3.71. The third-order valence-corrected chi connectivity index (χ3v) is 4.13. The molecule has 6 nitrogen and oxygen atoms in total. The summed E-state index contributed by atoms with van der Waals surface area (Å²) in [5, 5.41) is 9.65. The summed E-state index contributed by atoms with van der Waals surface area (Å²) < 4.78 is 15.1. The largest absolute Gasteiger partial charge is 0.333 e. The van der Waals surface area contributed by atoms with Crippen LogP contribution >= 0.6 is 0 Å². The Kier molecular flexibility index (Phi) is 4.49. The first-order valence-corrected chi connectivity index (χ1v) is 8.34. The van der Waals surface area contributed by atoms with Crippen LogP contribution in [0.3, 0.4) is 0 Å². The van der Waals surface area contributed by atoms with Crippen LogP contribution in [-0.2, 0) is 6.54 Å². The van der Waals surface area contributed by atoms with Crippen LogP contribution in [-0.4, -0.2) is 25.7 Å². The van der Waals surface area contributed by atoms with Crippen LogP contribution in [0, 0.1) is 5.82 Å². The van der Waals surface area contributed by atoms with Crippen LogP contribution < -0.4 is 5.32 Å². The second-order valence-electron chi connectivity index (χ2n) is 6.06. The highest BCUT2D eigenvalue weighted by Gasteiger charge is 2.15. The molecule has 4 aromatic rings. The number of rotatable bonds is 5. The van der Waals surface area contributed by atoms with E-state index in [-0.39, 0.29) is 11.7 Å². The lowest BCUT2D eigenvalue weighted by molar-refractivity contribution is 0.102. The van der Waals surface area contributed by atoms with Gasteiger partial charge in [0.25, 0.3) is 5.91 Å². The number of amides is 1. The highest BCUT2D eigenvalue weighted by Crippen LogP contribution is 2.22. The average molecular weight is 361 g/mol. The number of nitrogens with one attached hydrogen (secondary N) is 2. The fourth-order valence-electron chi connectivity index (χ4n) is 2.83. The summed E-state index contributed by atoms with van der Waals surface area (Å²) in [4.78, 5) is 16.7. The van der Waals surface area contributed by atoms with E-state index in [9.17, 15) is 9.18 Å². The van der Waals surface area contributed by atoms with Crippen LogP contribution in [0.1, 0.15) is 15.9 Å². The first kappa shape index (κ1) is 16.7. The van der Waals surface area contributed by atoms with E-state index in [1.54, 1.807) is 24.7 Å². The molecular weight excluding hydrogens is 345 g/mol. The fourth-order valence-corrected chi connectivity index (χ4v) is 2.83. The van der Waals surface area contributed by atoms with E-state index in [2.05, 4.69) is 20.5 Å². The molecule has 2 N–H and O–H groups in total. The van der Waals surface area contributed by atoms with Crippen molar-refractivity contribution in [2.45, 2.75) is 6.54 Å². The van der Waals surface area contributed by atoms with Gasteiger partial charge in [-0.25, -0.2) is 9.37 Å². The van der Waals surface area contributed by atoms with Gasteiger partial charge in [0.05, 0.1) is 23.8 Å². The van der Waals surface area contributed by atoms with Crippen LogP contribution in [0.25, 0.3) is 11.3 Å². The molecule has 134 valence electrons. The van der Waals surface area contributed by atoms with Gasteiger partial charge in [0.1, 0.15) is 5.82 Å². The number of aromatic nitrogens is 4. The van der Waals surface area contributed by atoms with Gasteiger partial charge in [0.2, 0.25) is 0 Å². The minimum absolute atomic E-state index is 0.289. The Morgan fingerprint density at radius 1 is 1.19 bits per heavy atom. The van der Waals surface area contributed by atoms with E-state index in [4.69, 9.17) is 0 Å². The third-order valence-electron chi connectivity index (χ3n) is 4.13. The lowest BCUT2D eigenvalue weighted by Gasteiger charge is -2.08. The van der Waals surface area contributed by atoms with E-state index in [0.717, 1.165) is 5.56 Å². The number of carbonyl (C=O) groups is 1. The number of benzene rings is 2. The molecular formula is C20H16FN5O. The van der Waals surface area contributed by atoms with Crippen molar-refractivity contribution in [3.05, 3.63) is 90.4 Å². The van der Waals surface area contributed by atoms with Gasteiger partial charge in [-0.3, -0.25) is 9.89 Å². The predicted molar refractivity (Wildman–Crippen MR) is 99.7 cm³/mol. The van der Waals surface area contributed by atoms with Gasteiger partial charge in [-0.05, 0) is 42.0 Å². The van der Waals surface area contributed by atoms with Crippen molar-refractivity contribution < 1.29 is 9.18 Å². The summed E-state index contributed by atoms with van der Waals surface area (Å²) in [6.45, 7) is 0.663. The van der Waals surface area contributed by atoms with Crippen molar-refractivity contribution in [1.82, 2.24) is 19.7 Å². The van der Waals surface area contributed by atoms with Crippen molar-refractivity contribution in [2.24, 2.45) is 0 Å². The average Bonchev–Trinajstić information content (AvgIpc) is 3.34. The Bertz CT molecular complexity index is 1050. The SMILES string of the molecule is O=C(Nc1cccc(Cn2ccnc2)c1)c1cn[nH]c1-c1ccc(F)cc1. The molecule has 0 unspecified atom stereocenters. The van der Waals surface area contributed by atoms with Crippen molar-refractivity contribution in [2.75, 3.05) is 5.32 Å². The summed E-state index contributed by atoms with van der Waals surface area (Å²) in [5.41, 5.74) is 3.34. The van der Waals surface area contributed by atoms with Crippen molar-refractivity contribution in [1.29, 1.82) is 0 Å². The van der Waals surface area contributed by atoms with E-state index >= 15 is 0 Å². The number of hydrogen-bond donors (Lipinski definition) is 2. The third kappa shape index (κ3) is 3.77. The lowest BCUT2D eigenvalue weighted by Crippen LogP contribution is -2.12. The first-order valence-electron chi connectivity index (χ1n) is 8.34. The number of nitrogens with zero attached hydrogens (tertiary/aromatic N) is 3. The maximum atomic E-state index is 13.1. The molecule has 0 saturated heterocycles. The van der Waals surface area contributed by atoms with Gasteiger partial charge in [0, 0.05) is 30.2 Å². The van der Waals surface area contributed by atoms with Crippen LogP contribution in [0.4, 0.5) is 10.1 Å². The van der Waals surface area contributed by atoms with Crippen LogP contribution in [0.15, 0.2) is 73.4 Å². The Balaban J connectivity index is 1.53. The molecule has 7 heteroatoms. The lowest BCUT2D eigenvalue weighted by atomic mass is 10.1. The molecule has 0 bridgehead atoms. The van der Waals surface area contributed by atoms with Crippen molar-refractivity contribution in [3.8, 4) is 11.3 Å². The molecule has 0 fully saturated rings. The second kappa shape index (κ2) is 7.25. The van der Waals surface area contributed by atoms with E-state index in [1.165, 1.54) is 18.3 Å². The van der Waals surface area contributed by atoms with Gasteiger partial charge in [0.15, 0.2) is 0 Å². The fraction of sp³-hybridized carbons (Fsp3) is 0.0500. The van der Waals surface area contributed by atoms with E-state index < -0.39 is 0 Å². The number of anilines is 1. The van der Waals surface area contributed by atoms with Gasteiger partial charge in [-0.1, -0.05) is 12.1 Å². The highest BCUT2D eigenvalue weighted by atomic mass is 19.1. The number of imidazole rings is 1.